The first-order valence-corrected chi connectivity index (χ1v) is 9.11. The molecule has 1 fully saturated rings. The molecule has 0 atom stereocenters. The van der Waals surface area contributed by atoms with Crippen LogP contribution in [0, 0.1) is 6.92 Å². The minimum atomic E-state index is 0.0138. The Balaban J connectivity index is 1.55. The summed E-state index contributed by atoms with van der Waals surface area (Å²) in [6, 6.07) is 10.3. The Morgan fingerprint density at radius 2 is 2.04 bits per heavy atom. The molecule has 0 bridgehead atoms. The molecule has 1 aromatic carbocycles. The average Bonchev–Trinajstić information content (AvgIpc) is 3.00. The minimum Gasteiger partial charge on any atom is -0.497 e. The highest BCUT2D eigenvalue weighted by Gasteiger charge is 2.27. The highest BCUT2D eigenvalue weighted by molar-refractivity contribution is 5.92. The fourth-order valence-electron chi connectivity index (χ4n) is 3.51. The Labute approximate surface area is 155 Å². The first kappa shape index (κ1) is 18.5. The number of carbonyl (C=O) groups is 1. The number of methoxy groups -OCH3 is 1. The maximum absolute atomic E-state index is 12.7. The number of rotatable bonds is 5. The van der Waals surface area contributed by atoms with Gasteiger partial charge in [-0.05, 0) is 43.5 Å². The van der Waals surface area contributed by atoms with Crippen LogP contribution in [0.1, 0.15) is 34.6 Å². The van der Waals surface area contributed by atoms with Crippen molar-refractivity contribution in [2.24, 2.45) is 7.05 Å². The molecule has 2 aromatic rings. The van der Waals surface area contributed by atoms with Gasteiger partial charge >= 0.3 is 0 Å². The van der Waals surface area contributed by atoms with Crippen molar-refractivity contribution in [3.05, 3.63) is 47.3 Å². The van der Waals surface area contributed by atoms with Crippen molar-refractivity contribution in [2.45, 2.75) is 32.4 Å². The van der Waals surface area contributed by atoms with E-state index in [1.54, 1.807) is 11.8 Å². The number of likely N-dealkylation sites (tertiary alicyclic amines) is 1. The summed E-state index contributed by atoms with van der Waals surface area (Å²) in [5, 5.41) is 4.32. The zero-order valence-electron chi connectivity index (χ0n) is 16.1. The van der Waals surface area contributed by atoms with Gasteiger partial charge < -0.3 is 9.64 Å². The number of piperidine rings is 1. The van der Waals surface area contributed by atoms with Gasteiger partial charge in [-0.15, -0.1) is 0 Å². The summed E-state index contributed by atoms with van der Waals surface area (Å²) in [4.78, 5) is 17.0. The standard InChI is InChI=1S/C20H28N4O2/c1-15-12-19(21-23(15)3)20(25)22(2)17-8-10-24(11-9-17)14-16-6-5-7-18(13-16)26-4/h5-7,12-13,17H,8-11,14H2,1-4H3. The number of aromatic nitrogens is 2. The van der Waals surface area contributed by atoms with Gasteiger partial charge in [0.1, 0.15) is 5.75 Å². The molecule has 0 aliphatic carbocycles. The monoisotopic (exact) mass is 356 g/mol. The first-order valence-electron chi connectivity index (χ1n) is 9.11. The Bertz CT molecular complexity index is 743. The lowest BCUT2D eigenvalue weighted by Gasteiger charge is -2.36. The lowest BCUT2D eigenvalue weighted by molar-refractivity contribution is 0.0630. The smallest absolute Gasteiger partial charge is 0.274 e. The van der Waals surface area contributed by atoms with Crippen molar-refractivity contribution in [3.8, 4) is 5.75 Å². The second-order valence-electron chi connectivity index (χ2n) is 7.07. The number of benzene rings is 1. The van der Waals surface area contributed by atoms with Crippen LogP contribution in [-0.2, 0) is 13.6 Å². The van der Waals surface area contributed by atoms with E-state index >= 15 is 0 Å². The van der Waals surface area contributed by atoms with Crippen LogP contribution >= 0.6 is 0 Å². The van der Waals surface area contributed by atoms with E-state index in [2.05, 4.69) is 22.1 Å². The molecule has 6 nitrogen and oxygen atoms in total. The van der Waals surface area contributed by atoms with Gasteiger partial charge in [-0.1, -0.05) is 12.1 Å². The third-order valence-corrected chi connectivity index (χ3v) is 5.30. The first-order chi connectivity index (χ1) is 12.5. The molecule has 26 heavy (non-hydrogen) atoms. The van der Waals surface area contributed by atoms with Crippen molar-refractivity contribution in [2.75, 3.05) is 27.2 Å². The second kappa shape index (κ2) is 7.91. The highest BCUT2D eigenvalue weighted by atomic mass is 16.5. The molecular weight excluding hydrogens is 328 g/mol. The Kier molecular flexibility index (Phi) is 5.61. The normalized spacial score (nSPS) is 15.8. The quantitative estimate of drug-likeness (QED) is 0.826. The molecule has 0 radical (unpaired) electrons. The summed E-state index contributed by atoms with van der Waals surface area (Å²) in [5.74, 6) is 0.910. The van der Waals surface area contributed by atoms with E-state index in [4.69, 9.17) is 4.74 Å². The Morgan fingerprint density at radius 3 is 2.65 bits per heavy atom. The molecule has 1 saturated heterocycles. The predicted octanol–water partition coefficient (Wildman–Crippen LogP) is 2.47. The van der Waals surface area contributed by atoms with E-state index in [0.29, 0.717) is 5.69 Å². The maximum Gasteiger partial charge on any atom is 0.274 e. The number of hydrogen-bond acceptors (Lipinski definition) is 4. The van der Waals surface area contributed by atoms with Crippen LogP contribution < -0.4 is 4.74 Å². The summed E-state index contributed by atoms with van der Waals surface area (Å²) in [7, 11) is 5.46. The van der Waals surface area contributed by atoms with Gasteiger partial charge in [-0.3, -0.25) is 14.4 Å². The number of carbonyl (C=O) groups excluding carboxylic acids is 1. The molecule has 0 unspecified atom stereocenters. The third-order valence-electron chi connectivity index (χ3n) is 5.30. The van der Waals surface area contributed by atoms with E-state index in [9.17, 15) is 4.79 Å². The van der Waals surface area contributed by atoms with Crippen molar-refractivity contribution in [3.63, 3.8) is 0 Å². The SMILES string of the molecule is COc1cccc(CN2CCC(N(C)C(=O)c3cc(C)n(C)n3)CC2)c1. The zero-order chi connectivity index (χ0) is 18.7. The van der Waals surface area contributed by atoms with E-state index < -0.39 is 0 Å². The van der Waals surface area contributed by atoms with Crippen LogP contribution in [0.15, 0.2) is 30.3 Å². The predicted molar refractivity (Wildman–Crippen MR) is 101 cm³/mol. The molecule has 1 aromatic heterocycles. The third kappa shape index (κ3) is 4.07. The van der Waals surface area contributed by atoms with E-state index in [1.165, 1.54) is 5.56 Å². The van der Waals surface area contributed by atoms with Gasteiger partial charge in [-0.2, -0.15) is 5.10 Å². The lowest BCUT2D eigenvalue weighted by Crippen LogP contribution is -2.45. The molecular formula is C20H28N4O2. The number of ether oxygens (including phenoxy) is 1. The molecule has 1 aliphatic rings. The number of hydrogen-bond donors (Lipinski definition) is 0. The fraction of sp³-hybridized carbons (Fsp3) is 0.500. The van der Waals surface area contributed by atoms with Gasteiger partial charge in [-0.25, -0.2) is 0 Å². The molecule has 1 aliphatic heterocycles. The van der Waals surface area contributed by atoms with Crippen molar-refractivity contribution >= 4 is 5.91 Å². The Morgan fingerprint density at radius 1 is 1.31 bits per heavy atom. The van der Waals surface area contributed by atoms with Crippen molar-refractivity contribution < 1.29 is 9.53 Å². The topological polar surface area (TPSA) is 50.6 Å². The van der Waals surface area contributed by atoms with Crippen molar-refractivity contribution in [1.29, 1.82) is 0 Å². The number of nitrogens with zero attached hydrogens (tertiary/aromatic N) is 4. The number of amides is 1. The van der Waals surface area contributed by atoms with Crippen LogP contribution in [0.5, 0.6) is 5.75 Å². The molecule has 1 amide bonds. The largest absolute Gasteiger partial charge is 0.497 e. The summed E-state index contributed by atoms with van der Waals surface area (Å²) in [5.41, 5.74) is 2.79. The second-order valence-corrected chi connectivity index (χ2v) is 7.07. The summed E-state index contributed by atoms with van der Waals surface area (Å²) in [6.07, 6.45) is 1.97. The maximum atomic E-state index is 12.7. The Hall–Kier alpha value is -2.34. The number of aryl methyl sites for hydroxylation is 2. The van der Waals surface area contributed by atoms with E-state index in [0.717, 1.165) is 43.9 Å². The van der Waals surface area contributed by atoms with Gasteiger partial charge in [0.25, 0.3) is 5.91 Å². The molecule has 0 N–H and O–H groups in total. The lowest BCUT2D eigenvalue weighted by atomic mass is 10.0. The van der Waals surface area contributed by atoms with Crippen LogP contribution in [-0.4, -0.2) is 58.8 Å². The molecule has 2 heterocycles. The van der Waals surface area contributed by atoms with Gasteiger partial charge in [0.05, 0.1) is 7.11 Å². The van der Waals surface area contributed by atoms with E-state index in [-0.39, 0.29) is 11.9 Å². The molecule has 3 rings (SSSR count). The fourth-order valence-corrected chi connectivity index (χ4v) is 3.51. The average molecular weight is 356 g/mol. The zero-order valence-corrected chi connectivity index (χ0v) is 16.1. The summed E-state index contributed by atoms with van der Waals surface area (Å²) >= 11 is 0. The van der Waals surface area contributed by atoms with Crippen LogP contribution in [0.3, 0.4) is 0 Å². The molecule has 0 spiro atoms. The van der Waals surface area contributed by atoms with Crippen LogP contribution in [0.2, 0.25) is 0 Å². The van der Waals surface area contributed by atoms with Gasteiger partial charge in [0.2, 0.25) is 0 Å². The van der Waals surface area contributed by atoms with Crippen LogP contribution in [0.25, 0.3) is 0 Å². The molecule has 140 valence electrons. The summed E-state index contributed by atoms with van der Waals surface area (Å²) in [6.45, 7) is 4.85. The highest BCUT2D eigenvalue weighted by Crippen LogP contribution is 2.20. The minimum absolute atomic E-state index is 0.0138. The van der Waals surface area contributed by atoms with Gasteiger partial charge in [0, 0.05) is 45.5 Å². The summed E-state index contributed by atoms with van der Waals surface area (Å²) < 4.78 is 7.05. The van der Waals surface area contributed by atoms with E-state index in [1.807, 2.05) is 44.1 Å². The molecule has 0 saturated carbocycles. The van der Waals surface area contributed by atoms with Crippen LogP contribution in [0.4, 0.5) is 0 Å². The molecule has 6 heteroatoms. The van der Waals surface area contributed by atoms with Gasteiger partial charge in [0.15, 0.2) is 5.69 Å². The van der Waals surface area contributed by atoms with Crippen molar-refractivity contribution in [1.82, 2.24) is 19.6 Å².